The molecule has 0 radical (unpaired) electrons. The third kappa shape index (κ3) is 3.27. The molecule has 8 heteroatoms. The van der Waals surface area contributed by atoms with E-state index in [0.717, 1.165) is 5.56 Å². The standard InChI is InChI=1S/C10H8BrFN2O2S2/c11-6-18(15,16)14-10-13-9(5-17-10)7-1-3-8(12)4-2-7/h1-5H,6H2,(H,13,14). The molecule has 18 heavy (non-hydrogen) atoms. The van der Waals surface area contributed by atoms with Gasteiger partial charge < -0.3 is 0 Å². The van der Waals surface area contributed by atoms with Crippen molar-refractivity contribution in [2.24, 2.45) is 0 Å². The van der Waals surface area contributed by atoms with Gasteiger partial charge in [-0.05, 0) is 24.3 Å². The van der Waals surface area contributed by atoms with E-state index in [1.54, 1.807) is 17.5 Å². The van der Waals surface area contributed by atoms with E-state index in [4.69, 9.17) is 0 Å². The Labute approximate surface area is 116 Å². The summed E-state index contributed by atoms with van der Waals surface area (Å²) in [6.07, 6.45) is 0. The lowest BCUT2D eigenvalue weighted by Gasteiger charge is -2.00. The van der Waals surface area contributed by atoms with Crippen molar-refractivity contribution in [3.8, 4) is 11.3 Å². The smallest absolute Gasteiger partial charge is 0.244 e. The van der Waals surface area contributed by atoms with Crippen molar-refractivity contribution in [3.63, 3.8) is 0 Å². The van der Waals surface area contributed by atoms with Gasteiger partial charge in [0.05, 0.1) is 5.69 Å². The number of halogens is 2. The fourth-order valence-corrected chi connectivity index (χ4v) is 3.08. The van der Waals surface area contributed by atoms with Crippen molar-refractivity contribution >= 4 is 42.4 Å². The molecule has 0 aliphatic rings. The molecular formula is C10H8BrFN2O2S2. The van der Waals surface area contributed by atoms with Crippen LogP contribution in [0.1, 0.15) is 0 Å². The van der Waals surface area contributed by atoms with Gasteiger partial charge in [-0.2, -0.15) is 0 Å². The van der Waals surface area contributed by atoms with E-state index in [9.17, 15) is 12.8 Å². The Morgan fingerprint density at radius 1 is 1.33 bits per heavy atom. The van der Waals surface area contributed by atoms with Gasteiger partial charge >= 0.3 is 0 Å². The number of anilines is 1. The first-order valence-corrected chi connectivity index (χ1v) is 8.43. The van der Waals surface area contributed by atoms with Crippen molar-refractivity contribution in [2.75, 3.05) is 9.38 Å². The Kier molecular flexibility index (Phi) is 3.98. The Morgan fingerprint density at radius 3 is 2.61 bits per heavy atom. The predicted octanol–water partition coefficient (Wildman–Crippen LogP) is 3.04. The highest BCUT2D eigenvalue weighted by atomic mass is 79.9. The summed E-state index contributed by atoms with van der Waals surface area (Å²) in [6.45, 7) is 0. The number of sulfonamides is 1. The minimum absolute atomic E-state index is 0.189. The van der Waals surface area contributed by atoms with Crippen LogP contribution in [0.4, 0.5) is 9.52 Å². The summed E-state index contributed by atoms with van der Waals surface area (Å²) in [5, 5.41) is 1.99. The second kappa shape index (κ2) is 5.33. The number of alkyl halides is 1. The average molecular weight is 351 g/mol. The summed E-state index contributed by atoms with van der Waals surface area (Å²) in [7, 11) is -3.39. The van der Waals surface area contributed by atoms with Crippen LogP contribution in [-0.2, 0) is 10.0 Å². The van der Waals surface area contributed by atoms with Crippen molar-refractivity contribution in [3.05, 3.63) is 35.5 Å². The molecular weight excluding hydrogens is 343 g/mol. The van der Waals surface area contributed by atoms with E-state index in [2.05, 4.69) is 25.6 Å². The molecule has 4 nitrogen and oxygen atoms in total. The van der Waals surface area contributed by atoms with Crippen LogP contribution < -0.4 is 4.72 Å². The SMILES string of the molecule is O=S(=O)(CBr)Nc1nc(-c2ccc(F)cc2)cs1. The van der Waals surface area contributed by atoms with Crippen LogP contribution in [0.5, 0.6) is 0 Å². The Morgan fingerprint density at radius 2 is 2.00 bits per heavy atom. The molecule has 2 aromatic rings. The molecule has 0 atom stereocenters. The fourth-order valence-electron chi connectivity index (χ4n) is 1.23. The van der Waals surface area contributed by atoms with Gasteiger partial charge in [0.2, 0.25) is 10.0 Å². The summed E-state index contributed by atoms with van der Waals surface area (Å²) in [5.74, 6) is -0.325. The zero-order valence-corrected chi connectivity index (χ0v) is 12.1. The second-order valence-corrected chi connectivity index (χ2v) is 7.25. The number of rotatable bonds is 4. The van der Waals surface area contributed by atoms with Gasteiger partial charge in [-0.1, -0.05) is 15.9 Å². The Balaban J connectivity index is 2.23. The maximum atomic E-state index is 12.8. The van der Waals surface area contributed by atoms with Crippen LogP contribution in [0, 0.1) is 5.82 Å². The molecule has 96 valence electrons. The molecule has 0 amide bonds. The van der Waals surface area contributed by atoms with E-state index in [1.165, 1.54) is 23.5 Å². The van der Waals surface area contributed by atoms with Crippen LogP contribution in [0.2, 0.25) is 0 Å². The first-order valence-electron chi connectivity index (χ1n) is 4.78. The third-order valence-electron chi connectivity index (χ3n) is 2.03. The Bertz CT molecular complexity index is 640. The number of hydrogen-bond donors (Lipinski definition) is 1. The van der Waals surface area contributed by atoms with E-state index >= 15 is 0 Å². The van der Waals surface area contributed by atoms with Crippen LogP contribution in [-0.4, -0.2) is 18.1 Å². The predicted molar refractivity (Wildman–Crippen MR) is 73.8 cm³/mol. The highest BCUT2D eigenvalue weighted by Gasteiger charge is 2.11. The number of aromatic nitrogens is 1. The minimum atomic E-state index is -3.39. The first-order chi connectivity index (χ1) is 8.50. The van der Waals surface area contributed by atoms with Gasteiger partial charge in [-0.15, -0.1) is 11.3 Å². The minimum Gasteiger partial charge on any atom is -0.258 e. The van der Waals surface area contributed by atoms with E-state index in [1.807, 2.05) is 0 Å². The quantitative estimate of drug-likeness (QED) is 0.862. The van der Waals surface area contributed by atoms with Gasteiger partial charge in [-0.25, -0.2) is 17.8 Å². The van der Waals surface area contributed by atoms with Crippen molar-refractivity contribution in [1.29, 1.82) is 0 Å². The maximum absolute atomic E-state index is 12.8. The van der Waals surface area contributed by atoms with Crippen LogP contribution in [0.25, 0.3) is 11.3 Å². The lowest BCUT2D eigenvalue weighted by atomic mass is 10.2. The number of thiazole rings is 1. The lowest BCUT2D eigenvalue weighted by Crippen LogP contribution is -2.12. The number of benzene rings is 1. The van der Waals surface area contributed by atoms with Crippen molar-refractivity contribution in [1.82, 2.24) is 4.98 Å². The van der Waals surface area contributed by atoms with Gasteiger partial charge in [0.25, 0.3) is 0 Å². The highest BCUT2D eigenvalue weighted by Crippen LogP contribution is 2.25. The summed E-state index contributed by atoms with van der Waals surface area (Å²) < 4.78 is 37.5. The number of nitrogens with one attached hydrogen (secondary N) is 1. The molecule has 1 heterocycles. The molecule has 0 aliphatic carbocycles. The normalized spacial score (nSPS) is 11.4. The molecule has 1 aromatic carbocycles. The maximum Gasteiger partial charge on any atom is 0.244 e. The van der Waals surface area contributed by atoms with Crippen LogP contribution in [0.15, 0.2) is 29.6 Å². The molecule has 1 N–H and O–H groups in total. The Hall–Kier alpha value is -0.990. The topological polar surface area (TPSA) is 59.1 Å². The monoisotopic (exact) mass is 350 g/mol. The van der Waals surface area contributed by atoms with E-state index < -0.39 is 10.0 Å². The van der Waals surface area contributed by atoms with Gasteiger partial charge in [0, 0.05) is 10.9 Å². The molecule has 0 aliphatic heterocycles. The third-order valence-corrected chi connectivity index (χ3v) is 5.52. The molecule has 2 rings (SSSR count). The molecule has 0 unspecified atom stereocenters. The zero-order chi connectivity index (χ0) is 13.2. The molecule has 0 saturated carbocycles. The zero-order valence-electron chi connectivity index (χ0n) is 8.93. The van der Waals surface area contributed by atoms with Crippen molar-refractivity contribution < 1.29 is 12.8 Å². The highest BCUT2D eigenvalue weighted by molar-refractivity contribution is 9.10. The van der Waals surface area contributed by atoms with Crippen molar-refractivity contribution in [2.45, 2.75) is 0 Å². The van der Waals surface area contributed by atoms with Crippen LogP contribution >= 0.6 is 27.3 Å². The van der Waals surface area contributed by atoms with Gasteiger partial charge in [-0.3, -0.25) is 4.72 Å². The molecule has 0 spiro atoms. The lowest BCUT2D eigenvalue weighted by molar-refractivity contribution is 0.606. The summed E-state index contributed by atoms with van der Waals surface area (Å²) in [6, 6.07) is 5.84. The molecule has 1 aromatic heterocycles. The van der Waals surface area contributed by atoms with Gasteiger partial charge in [0.1, 0.15) is 10.5 Å². The molecule has 0 fully saturated rings. The van der Waals surface area contributed by atoms with E-state index in [-0.39, 0.29) is 15.6 Å². The molecule has 0 saturated heterocycles. The number of nitrogens with zero attached hydrogens (tertiary/aromatic N) is 1. The number of hydrogen-bond acceptors (Lipinski definition) is 4. The fraction of sp³-hybridized carbons (Fsp3) is 0.100. The summed E-state index contributed by atoms with van der Waals surface area (Å²) in [5.41, 5.74) is 1.34. The van der Waals surface area contributed by atoms with Gasteiger partial charge in [0.15, 0.2) is 5.13 Å². The summed E-state index contributed by atoms with van der Waals surface area (Å²) in [4.78, 5) is 4.13. The average Bonchev–Trinajstić information content (AvgIpc) is 2.78. The van der Waals surface area contributed by atoms with E-state index in [0.29, 0.717) is 5.69 Å². The molecule has 0 bridgehead atoms. The second-order valence-electron chi connectivity index (χ2n) is 3.37. The van der Waals surface area contributed by atoms with Crippen LogP contribution in [0.3, 0.4) is 0 Å². The first kappa shape index (κ1) is 13.4. The largest absolute Gasteiger partial charge is 0.258 e. The summed E-state index contributed by atoms with van der Waals surface area (Å²) >= 11 is 4.05.